The van der Waals surface area contributed by atoms with Gasteiger partial charge < -0.3 is 15.2 Å². The lowest BCUT2D eigenvalue weighted by Crippen LogP contribution is -2.41. The molecule has 3 heterocycles. The van der Waals surface area contributed by atoms with E-state index < -0.39 is 0 Å². The summed E-state index contributed by atoms with van der Waals surface area (Å²) >= 11 is 0. The number of pyridine rings is 1. The van der Waals surface area contributed by atoms with Crippen LogP contribution >= 0.6 is 0 Å². The van der Waals surface area contributed by atoms with Crippen molar-refractivity contribution in [1.29, 1.82) is 0 Å². The minimum absolute atomic E-state index is 0.0100. The molecule has 1 aliphatic rings. The Bertz CT molecular complexity index is 973. The fraction of sp³-hybridized carbons (Fsp3) is 0.238. The Hall–Kier alpha value is -3.08. The summed E-state index contributed by atoms with van der Waals surface area (Å²) in [5.41, 5.74) is 5.71. The standard InChI is InChI=1S/C21H22N4O/c1-15-5-2-3-6-17(15)13-24-21(26)25-11-8-16(9-12-25)19-14-23-20-18(19)7-4-10-22-20/h2-8,10,14H,9,11-13H2,1H3,(H,22,23)(H,24,26). The third-order valence-electron chi connectivity index (χ3n) is 4.98. The van der Waals surface area contributed by atoms with Crippen molar-refractivity contribution in [3.63, 3.8) is 0 Å². The van der Waals surface area contributed by atoms with Gasteiger partial charge in [-0.15, -0.1) is 0 Å². The maximum atomic E-state index is 12.5. The van der Waals surface area contributed by atoms with E-state index >= 15 is 0 Å². The van der Waals surface area contributed by atoms with Crippen molar-refractivity contribution in [2.45, 2.75) is 19.9 Å². The van der Waals surface area contributed by atoms with Gasteiger partial charge in [0.05, 0.1) is 0 Å². The second-order valence-electron chi connectivity index (χ2n) is 6.61. The third-order valence-corrected chi connectivity index (χ3v) is 4.98. The summed E-state index contributed by atoms with van der Waals surface area (Å²) in [5, 5.41) is 4.17. The summed E-state index contributed by atoms with van der Waals surface area (Å²) < 4.78 is 0. The second kappa shape index (κ2) is 7.04. The number of hydrogen-bond acceptors (Lipinski definition) is 2. The lowest BCUT2D eigenvalue weighted by molar-refractivity contribution is 0.202. The monoisotopic (exact) mass is 346 g/mol. The van der Waals surface area contributed by atoms with Crippen LogP contribution in [-0.2, 0) is 6.54 Å². The quantitative estimate of drug-likeness (QED) is 0.756. The van der Waals surface area contributed by atoms with Crippen LogP contribution in [0.4, 0.5) is 4.79 Å². The number of urea groups is 1. The number of carbonyl (C=O) groups is 1. The van der Waals surface area contributed by atoms with E-state index in [-0.39, 0.29) is 6.03 Å². The zero-order valence-corrected chi connectivity index (χ0v) is 14.8. The van der Waals surface area contributed by atoms with Crippen LogP contribution in [0, 0.1) is 6.92 Å². The van der Waals surface area contributed by atoms with Crippen molar-refractivity contribution in [2.24, 2.45) is 0 Å². The summed E-state index contributed by atoms with van der Waals surface area (Å²) in [6.45, 7) is 3.97. The molecule has 0 saturated carbocycles. The molecule has 0 bridgehead atoms. The Kier molecular flexibility index (Phi) is 4.44. The highest BCUT2D eigenvalue weighted by molar-refractivity contribution is 5.91. The second-order valence-corrected chi connectivity index (χ2v) is 6.61. The summed E-state index contributed by atoms with van der Waals surface area (Å²) in [4.78, 5) is 21.9. The Morgan fingerprint density at radius 1 is 1.27 bits per heavy atom. The predicted octanol–water partition coefficient (Wildman–Crippen LogP) is 3.87. The first-order chi connectivity index (χ1) is 12.7. The summed E-state index contributed by atoms with van der Waals surface area (Å²) in [6.07, 6.45) is 6.79. The number of nitrogens with one attached hydrogen (secondary N) is 2. The van der Waals surface area contributed by atoms with Gasteiger partial charge >= 0.3 is 6.03 Å². The molecule has 2 amide bonds. The highest BCUT2D eigenvalue weighted by Gasteiger charge is 2.19. The van der Waals surface area contributed by atoms with Gasteiger partial charge in [-0.1, -0.05) is 30.3 Å². The average molecular weight is 346 g/mol. The zero-order valence-electron chi connectivity index (χ0n) is 14.8. The molecule has 0 radical (unpaired) electrons. The maximum Gasteiger partial charge on any atom is 0.317 e. The molecule has 0 spiro atoms. The van der Waals surface area contributed by atoms with Crippen molar-refractivity contribution in [2.75, 3.05) is 13.1 Å². The summed E-state index contributed by atoms with van der Waals surface area (Å²) in [6, 6.07) is 12.1. The van der Waals surface area contributed by atoms with Crippen LogP contribution < -0.4 is 5.32 Å². The van der Waals surface area contributed by atoms with Crippen molar-refractivity contribution < 1.29 is 4.79 Å². The number of aromatic amines is 1. The van der Waals surface area contributed by atoms with Crippen molar-refractivity contribution in [3.05, 3.63) is 71.6 Å². The van der Waals surface area contributed by atoms with Gasteiger partial charge in [-0.25, -0.2) is 9.78 Å². The number of hydrogen-bond donors (Lipinski definition) is 2. The van der Waals surface area contributed by atoms with Crippen molar-refractivity contribution in [3.8, 4) is 0 Å². The fourth-order valence-electron chi connectivity index (χ4n) is 3.41. The van der Waals surface area contributed by atoms with Gasteiger partial charge in [-0.05, 0) is 42.2 Å². The van der Waals surface area contributed by atoms with Crippen LogP contribution in [0.25, 0.3) is 16.6 Å². The Morgan fingerprint density at radius 3 is 2.96 bits per heavy atom. The first-order valence-corrected chi connectivity index (χ1v) is 8.91. The molecule has 0 saturated heterocycles. The van der Waals surface area contributed by atoms with Crippen LogP contribution in [-0.4, -0.2) is 34.0 Å². The lowest BCUT2D eigenvalue weighted by atomic mass is 10.00. The molecule has 2 N–H and O–H groups in total. The van der Waals surface area contributed by atoms with Crippen LogP contribution in [0.5, 0.6) is 0 Å². The molecule has 1 aliphatic heterocycles. The minimum Gasteiger partial charge on any atom is -0.346 e. The third kappa shape index (κ3) is 3.20. The smallest absolute Gasteiger partial charge is 0.317 e. The molecule has 5 heteroatoms. The number of rotatable bonds is 3. The molecule has 0 unspecified atom stereocenters. The van der Waals surface area contributed by atoms with Gasteiger partial charge in [-0.2, -0.15) is 0 Å². The molecule has 132 valence electrons. The average Bonchev–Trinajstić information content (AvgIpc) is 3.11. The molecule has 0 fully saturated rings. The summed E-state index contributed by atoms with van der Waals surface area (Å²) in [7, 11) is 0. The first kappa shape index (κ1) is 16.4. The molecule has 0 atom stereocenters. The highest BCUT2D eigenvalue weighted by Crippen LogP contribution is 2.28. The number of fused-ring (bicyclic) bond motifs is 1. The van der Waals surface area contributed by atoms with E-state index in [1.54, 1.807) is 6.20 Å². The van der Waals surface area contributed by atoms with E-state index in [0.29, 0.717) is 13.1 Å². The van der Waals surface area contributed by atoms with E-state index in [1.807, 2.05) is 29.3 Å². The molecule has 4 rings (SSSR count). The Balaban J connectivity index is 1.41. The number of carbonyl (C=O) groups excluding carboxylic acids is 1. The lowest BCUT2D eigenvalue weighted by Gasteiger charge is -2.26. The van der Waals surface area contributed by atoms with E-state index in [2.05, 4.69) is 46.5 Å². The van der Waals surface area contributed by atoms with Gasteiger partial charge in [0.15, 0.2) is 0 Å². The van der Waals surface area contributed by atoms with Crippen molar-refractivity contribution >= 4 is 22.6 Å². The van der Waals surface area contributed by atoms with Gasteiger partial charge in [0, 0.05) is 43.0 Å². The highest BCUT2D eigenvalue weighted by atomic mass is 16.2. The predicted molar refractivity (Wildman–Crippen MR) is 104 cm³/mol. The van der Waals surface area contributed by atoms with Gasteiger partial charge in [0.1, 0.15) is 5.65 Å². The number of nitrogens with zero attached hydrogens (tertiary/aromatic N) is 2. The number of benzene rings is 1. The molecular weight excluding hydrogens is 324 g/mol. The molecule has 26 heavy (non-hydrogen) atoms. The molecule has 1 aromatic carbocycles. The van der Waals surface area contributed by atoms with Crippen LogP contribution in [0.2, 0.25) is 0 Å². The van der Waals surface area contributed by atoms with Gasteiger partial charge in [0.2, 0.25) is 0 Å². The molecule has 3 aromatic rings. The van der Waals surface area contributed by atoms with Crippen LogP contribution in [0.3, 0.4) is 0 Å². The zero-order chi connectivity index (χ0) is 17.9. The number of aryl methyl sites for hydroxylation is 1. The first-order valence-electron chi connectivity index (χ1n) is 8.91. The molecule has 2 aromatic heterocycles. The van der Waals surface area contributed by atoms with Crippen molar-refractivity contribution in [1.82, 2.24) is 20.2 Å². The normalized spacial score (nSPS) is 14.3. The maximum absolute atomic E-state index is 12.5. The molecule has 0 aliphatic carbocycles. The SMILES string of the molecule is Cc1ccccc1CNC(=O)N1CC=C(c2c[nH]c3ncccc23)CC1. The number of H-pyrrole nitrogens is 1. The van der Waals surface area contributed by atoms with E-state index in [0.717, 1.165) is 29.6 Å². The number of amides is 2. The largest absolute Gasteiger partial charge is 0.346 e. The Morgan fingerprint density at radius 2 is 2.15 bits per heavy atom. The Labute approximate surface area is 152 Å². The number of aromatic nitrogens is 2. The topological polar surface area (TPSA) is 61.0 Å². The summed E-state index contributed by atoms with van der Waals surface area (Å²) in [5.74, 6) is 0. The van der Waals surface area contributed by atoms with Gasteiger partial charge in [0.25, 0.3) is 0 Å². The van der Waals surface area contributed by atoms with E-state index in [9.17, 15) is 4.79 Å². The molecular formula is C21H22N4O. The minimum atomic E-state index is -0.0100. The molecule has 5 nitrogen and oxygen atoms in total. The van der Waals surface area contributed by atoms with E-state index in [1.165, 1.54) is 16.7 Å². The van der Waals surface area contributed by atoms with E-state index in [4.69, 9.17) is 0 Å². The van der Waals surface area contributed by atoms with Crippen LogP contribution in [0.1, 0.15) is 23.1 Å². The fourth-order valence-corrected chi connectivity index (χ4v) is 3.41. The van der Waals surface area contributed by atoms with Gasteiger partial charge in [-0.3, -0.25) is 0 Å². The van der Waals surface area contributed by atoms with Crippen LogP contribution in [0.15, 0.2) is 54.9 Å².